The van der Waals surface area contributed by atoms with Gasteiger partial charge in [0.1, 0.15) is 5.69 Å². The van der Waals surface area contributed by atoms with Gasteiger partial charge in [0.05, 0.1) is 22.8 Å². The van der Waals surface area contributed by atoms with Gasteiger partial charge in [0, 0.05) is 40.3 Å². The van der Waals surface area contributed by atoms with Crippen molar-refractivity contribution in [2.75, 3.05) is 13.1 Å². The average molecular weight is 517 g/mol. The average Bonchev–Trinajstić information content (AvgIpc) is 3.58. The van der Waals surface area contributed by atoms with E-state index in [9.17, 15) is 0 Å². The molecule has 0 amide bonds. The fourth-order valence-electron chi connectivity index (χ4n) is 5.32. The summed E-state index contributed by atoms with van der Waals surface area (Å²) in [7, 11) is 0. The molecule has 1 saturated heterocycles. The lowest BCUT2D eigenvalue weighted by atomic mass is 9.89. The van der Waals surface area contributed by atoms with Crippen molar-refractivity contribution in [3.63, 3.8) is 0 Å². The molecule has 3 N–H and O–H groups in total. The Kier molecular flexibility index (Phi) is 8.13. The maximum Gasteiger partial charge on any atom is 0.116 e. The molecule has 1 aliphatic rings. The van der Waals surface area contributed by atoms with Crippen molar-refractivity contribution in [3.8, 4) is 22.5 Å². The van der Waals surface area contributed by atoms with Gasteiger partial charge in [0.2, 0.25) is 0 Å². The first-order valence-electron chi connectivity index (χ1n) is 13.6. The molecule has 4 aromatic heterocycles. The first-order chi connectivity index (χ1) is 19.1. The van der Waals surface area contributed by atoms with Crippen LogP contribution >= 0.6 is 0 Å². The fourth-order valence-corrected chi connectivity index (χ4v) is 5.32. The van der Waals surface area contributed by atoms with Gasteiger partial charge >= 0.3 is 0 Å². The quantitative estimate of drug-likeness (QED) is 0.266. The van der Waals surface area contributed by atoms with Crippen LogP contribution in [-0.2, 0) is 0 Å². The minimum absolute atomic E-state index is 0.701. The number of nitrogens with zero attached hydrogens (tertiary/aromatic N) is 3. The van der Waals surface area contributed by atoms with Crippen molar-refractivity contribution < 1.29 is 0 Å². The number of rotatable bonds is 8. The van der Waals surface area contributed by atoms with Crippen LogP contribution in [0.4, 0.5) is 0 Å². The van der Waals surface area contributed by atoms with Crippen LogP contribution in [0.5, 0.6) is 0 Å². The summed E-state index contributed by atoms with van der Waals surface area (Å²) in [6, 6.07) is 6.12. The standard InChI is InChI=1S/C33H36N6/c1-5-23(15-24-10-13-34-14-11-24)16-25(6-2)26(7-3)17-28-22(4)38-39-33(28)31-18-29-30(20-36-21-32(29)37-31)27-9-8-12-35-19-27/h5-9,12,16-21,24,34,37-38H,1,4,10-11,13-15H2,2-3H3/b23-16+,25-6+,26-7+,28-17+. The van der Waals surface area contributed by atoms with E-state index in [0.717, 1.165) is 74.6 Å². The van der Waals surface area contributed by atoms with Crippen LogP contribution in [-0.4, -0.2) is 38.2 Å². The van der Waals surface area contributed by atoms with Gasteiger partial charge in [-0.2, -0.15) is 5.10 Å². The Morgan fingerprint density at radius 3 is 2.62 bits per heavy atom. The van der Waals surface area contributed by atoms with Gasteiger partial charge in [-0.1, -0.05) is 43.5 Å². The number of aromatic amines is 2. The third kappa shape index (κ3) is 5.76. The van der Waals surface area contributed by atoms with Crippen LogP contribution in [0.1, 0.15) is 33.1 Å². The zero-order valence-electron chi connectivity index (χ0n) is 22.8. The van der Waals surface area contributed by atoms with E-state index in [4.69, 9.17) is 0 Å². The number of nitrogens with one attached hydrogen (secondary N) is 3. The zero-order chi connectivity index (χ0) is 27.2. The molecule has 0 bridgehead atoms. The molecule has 5 rings (SSSR count). The normalized spacial score (nSPS) is 16.3. The van der Waals surface area contributed by atoms with Gasteiger partial charge in [0.15, 0.2) is 0 Å². The number of allylic oxidation sites excluding steroid dienone is 7. The molecule has 1 fully saturated rings. The molecule has 0 unspecified atom stereocenters. The van der Waals surface area contributed by atoms with Crippen LogP contribution in [0.25, 0.3) is 46.1 Å². The van der Waals surface area contributed by atoms with Gasteiger partial charge in [-0.05, 0) is 87.0 Å². The molecule has 198 valence electrons. The maximum atomic E-state index is 4.64. The largest absolute Gasteiger partial charge is 0.352 e. The third-order valence-corrected chi connectivity index (χ3v) is 7.50. The molecule has 0 saturated carbocycles. The van der Waals surface area contributed by atoms with Gasteiger partial charge in [-0.3, -0.25) is 15.1 Å². The highest BCUT2D eigenvalue weighted by molar-refractivity contribution is 5.97. The Morgan fingerprint density at radius 1 is 1.08 bits per heavy atom. The number of pyridine rings is 2. The highest BCUT2D eigenvalue weighted by atomic mass is 15.1. The summed E-state index contributed by atoms with van der Waals surface area (Å²) in [5.74, 6) is 0.701. The minimum atomic E-state index is 0.701. The Bertz CT molecular complexity index is 1660. The van der Waals surface area contributed by atoms with Gasteiger partial charge in [0.25, 0.3) is 0 Å². The summed E-state index contributed by atoms with van der Waals surface area (Å²) in [4.78, 5) is 12.3. The molecule has 0 aromatic carbocycles. The molecular weight excluding hydrogens is 480 g/mol. The molecule has 0 aliphatic carbocycles. The van der Waals surface area contributed by atoms with Crippen LogP contribution < -0.4 is 15.9 Å². The highest BCUT2D eigenvalue weighted by Gasteiger charge is 2.15. The summed E-state index contributed by atoms with van der Waals surface area (Å²) < 4.78 is 0. The lowest BCUT2D eigenvalue weighted by Crippen LogP contribution is -2.27. The van der Waals surface area contributed by atoms with Crippen molar-refractivity contribution in [1.82, 2.24) is 30.5 Å². The lowest BCUT2D eigenvalue weighted by molar-refractivity contribution is 0.374. The van der Waals surface area contributed by atoms with Gasteiger partial charge in [-0.15, -0.1) is 0 Å². The summed E-state index contributed by atoms with van der Waals surface area (Å²) in [5.41, 5.74) is 8.28. The number of hydrogen-bond acceptors (Lipinski definition) is 4. The molecule has 0 spiro atoms. The molecule has 6 nitrogen and oxygen atoms in total. The smallest absolute Gasteiger partial charge is 0.116 e. The molecular formula is C33H36N6. The summed E-state index contributed by atoms with van der Waals surface area (Å²) in [5, 5.41) is 14.0. The van der Waals surface area contributed by atoms with E-state index in [0.29, 0.717) is 5.92 Å². The van der Waals surface area contributed by atoms with Crippen molar-refractivity contribution in [2.24, 2.45) is 5.92 Å². The second-order valence-electron chi connectivity index (χ2n) is 9.99. The summed E-state index contributed by atoms with van der Waals surface area (Å²) in [6.45, 7) is 14.7. The highest BCUT2D eigenvalue weighted by Crippen LogP contribution is 2.30. The van der Waals surface area contributed by atoms with Crippen LogP contribution in [0.2, 0.25) is 0 Å². The number of hydrogen-bond donors (Lipinski definition) is 3. The van der Waals surface area contributed by atoms with E-state index in [1.807, 2.05) is 36.8 Å². The monoisotopic (exact) mass is 516 g/mol. The van der Waals surface area contributed by atoms with E-state index in [-0.39, 0.29) is 0 Å². The lowest BCUT2D eigenvalue weighted by Gasteiger charge is -2.23. The van der Waals surface area contributed by atoms with Crippen molar-refractivity contribution in [2.45, 2.75) is 33.1 Å². The third-order valence-electron chi connectivity index (χ3n) is 7.50. The fraction of sp³-hybridized carbons (Fsp3) is 0.242. The van der Waals surface area contributed by atoms with E-state index < -0.39 is 0 Å². The van der Waals surface area contributed by atoms with Crippen molar-refractivity contribution in [3.05, 3.63) is 101 Å². The predicted octanol–water partition coefficient (Wildman–Crippen LogP) is 5.60. The second-order valence-corrected chi connectivity index (χ2v) is 9.99. The number of fused-ring (bicyclic) bond motifs is 1. The van der Waals surface area contributed by atoms with E-state index in [2.05, 4.69) is 87.8 Å². The van der Waals surface area contributed by atoms with Gasteiger partial charge in [-0.25, -0.2) is 0 Å². The SMILES string of the molecule is C=C\C(=C/C(=C\C)C(/C=c1/c(-c2cc3c(-c4cccnc4)cncc3[nH]2)n[nH]c1=C)=C/C)CC1CCNCC1. The predicted molar refractivity (Wildman–Crippen MR) is 162 cm³/mol. The molecule has 0 atom stereocenters. The Labute approximate surface area is 229 Å². The maximum absolute atomic E-state index is 4.64. The molecule has 0 radical (unpaired) electrons. The molecule has 4 aromatic rings. The first kappa shape index (κ1) is 26.3. The second kappa shape index (κ2) is 12.0. The molecule has 1 aliphatic heterocycles. The first-order valence-corrected chi connectivity index (χ1v) is 13.6. The zero-order valence-corrected chi connectivity index (χ0v) is 22.8. The van der Waals surface area contributed by atoms with Crippen LogP contribution in [0.15, 0.2) is 90.6 Å². The Hall–Kier alpha value is -4.29. The molecule has 5 heterocycles. The summed E-state index contributed by atoms with van der Waals surface area (Å²) in [6.07, 6.45) is 21.6. The summed E-state index contributed by atoms with van der Waals surface area (Å²) >= 11 is 0. The number of H-pyrrole nitrogens is 2. The number of piperidine rings is 1. The Balaban J connectivity index is 1.52. The van der Waals surface area contributed by atoms with Crippen LogP contribution in [0.3, 0.4) is 0 Å². The topological polar surface area (TPSA) is 82.3 Å². The van der Waals surface area contributed by atoms with Crippen molar-refractivity contribution >= 4 is 23.6 Å². The van der Waals surface area contributed by atoms with Gasteiger partial charge < -0.3 is 10.3 Å². The van der Waals surface area contributed by atoms with E-state index in [1.54, 1.807) is 6.20 Å². The molecule has 39 heavy (non-hydrogen) atoms. The number of aromatic nitrogens is 5. The molecule has 6 heteroatoms. The Morgan fingerprint density at radius 2 is 1.90 bits per heavy atom. The van der Waals surface area contributed by atoms with Crippen LogP contribution in [0, 0.1) is 5.92 Å². The van der Waals surface area contributed by atoms with Crippen molar-refractivity contribution in [1.29, 1.82) is 0 Å². The van der Waals surface area contributed by atoms with E-state index >= 15 is 0 Å². The van der Waals surface area contributed by atoms with E-state index in [1.165, 1.54) is 18.4 Å². The minimum Gasteiger partial charge on any atom is -0.352 e.